The predicted molar refractivity (Wildman–Crippen MR) is 82.5 cm³/mol. The highest BCUT2D eigenvalue weighted by Crippen LogP contribution is 2.24. The van der Waals surface area contributed by atoms with Crippen LogP contribution in [-0.4, -0.2) is 36.8 Å². The van der Waals surface area contributed by atoms with Gasteiger partial charge in [-0.2, -0.15) is 11.8 Å². The number of hydrogen-bond acceptors (Lipinski definition) is 3. The molecule has 1 aliphatic heterocycles. The van der Waals surface area contributed by atoms with Gasteiger partial charge < -0.3 is 10.1 Å². The van der Waals surface area contributed by atoms with Crippen molar-refractivity contribution in [2.75, 3.05) is 24.7 Å². The van der Waals surface area contributed by atoms with Gasteiger partial charge in [0, 0.05) is 17.5 Å². The van der Waals surface area contributed by atoms with Crippen LogP contribution in [-0.2, 0) is 4.74 Å². The monoisotopic (exact) mass is 273 g/mol. The Morgan fingerprint density at radius 3 is 2.72 bits per heavy atom. The molecule has 1 fully saturated rings. The van der Waals surface area contributed by atoms with Gasteiger partial charge in [-0.25, -0.2) is 0 Å². The maximum Gasteiger partial charge on any atom is 0.0818 e. The maximum atomic E-state index is 5.94. The SMILES string of the molecule is CCCNC(CCCC(C)(C)C)C1CSCCO1. The summed E-state index contributed by atoms with van der Waals surface area (Å²) in [6.45, 7) is 11.3. The molecule has 1 aliphatic rings. The third kappa shape index (κ3) is 7.01. The zero-order valence-corrected chi connectivity index (χ0v) is 13.4. The second kappa shape index (κ2) is 8.44. The van der Waals surface area contributed by atoms with Crippen LogP contribution in [0.15, 0.2) is 0 Å². The molecule has 108 valence electrons. The van der Waals surface area contributed by atoms with E-state index in [0.717, 1.165) is 18.9 Å². The Bertz CT molecular complexity index is 209. The smallest absolute Gasteiger partial charge is 0.0818 e. The van der Waals surface area contributed by atoms with E-state index in [1.54, 1.807) is 0 Å². The van der Waals surface area contributed by atoms with Crippen LogP contribution in [0.2, 0.25) is 0 Å². The van der Waals surface area contributed by atoms with E-state index in [1.165, 1.54) is 31.4 Å². The first-order valence-electron chi connectivity index (χ1n) is 7.45. The molecule has 0 saturated carbocycles. The average Bonchev–Trinajstić information content (AvgIpc) is 2.33. The third-order valence-corrected chi connectivity index (χ3v) is 4.41. The Kier molecular flexibility index (Phi) is 7.66. The van der Waals surface area contributed by atoms with Crippen molar-refractivity contribution in [2.45, 2.75) is 65.5 Å². The van der Waals surface area contributed by atoms with Crippen molar-refractivity contribution in [3.05, 3.63) is 0 Å². The molecule has 2 unspecified atom stereocenters. The fourth-order valence-corrected chi connectivity index (χ4v) is 3.28. The topological polar surface area (TPSA) is 21.3 Å². The number of nitrogens with one attached hydrogen (secondary N) is 1. The van der Waals surface area contributed by atoms with Gasteiger partial charge in [0.15, 0.2) is 0 Å². The molecule has 0 aromatic heterocycles. The van der Waals surface area contributed by atoms with Crippen LogP contribution in [0.4, 0.5) is 0 Å². The van der Waals surface area contributed by atoms with Crippen molar-refractivity contribution in [2.24, 2.45) is 5.41 Å². The Labute approximate surface area is 118 Å². The van der Waals surface area contributed by atoms with Gasteiger partial charge in [-0.15, -0.1) is 0 Å². The predicted octanol–water partition coefficient (Wildman–Crippen LogP) is 3.70. The lowest BCUT2D eigenvalue weighted by Gasteiger charge is -2.31. The summed E-state index contributed by atoms with van der Waals surface area (Å²) in [4.78, 5) is 0. The van der Waals surface area contributed by atoms with Crippen LogP contribution >= 0.6 is 11.8 Å². The second-order valence-corrected chi connectivity index (χ2v) is 7.65. The lowest BCUT2D eigenvalue weighted by atomic mass is 9.88. The quantitative estimate of drug-likeness (QED) is 0.764. The second-order valence-electron chi connectivity index (χ2n) is 6.50. The van der Waals surface area contributed by atoms with Crippen LogP contribution in [0.25, 0.3) is 0 Å². The maximum absolute atomic E-state index is 5.94. The summed E-state index contributed by atoms with van der Waals surface area (Å²) >= 11 is 2.04. The summed E-state index contributed by atoms with van der Waals surface area (Å²) in [7, 11) is 0. The van der Waals surface area contributed by atoms with Crippen LogP contribution in [0.1, 0.15) is 53.4 Å². The van der Waals surface area contributed by atoms with Gasteiger partial charge in [0.2, 0.25) is 0 Å². The molecule has 1 heterocycles. The normalized spacial score (nSPS) is 23.0. The van der Waals surface area contributed by atoms with E-state index in [0.29, 0.717) is 17.6 Å². The van der Waals surface area contributed by atoms with E-state index in [-0.39, 0.29) is 0 Å². The van der Waals surface area contributed by atoms with Crippen molar-refractivity contribution in [1.82, 2.24) is 5.32 Å². The van der Waals surface area contributed by atoms with Crippen molar-refractivity contribution in [3.63, 3.8) is 0 Å². The minimum absolute atomic E-state index is 0.426. The first kappa shape index (κ1) is 16.3. The average molecular weight is 273 g/mol. The summed E-state index contributed by atoms with van der Waals surface area (Å²) < 4.78 is 5.94. The molecule has 0 amide bonds. The zero-order valence-electron chi connectivity index (χ0n) is 12.6. The van der Waals surface area contributed by atoms with Crippen LogP contribution in [0.5, 0.6) is 0 Å². The Morgan fingerprint density at radius 2 is 2.17 bits per heavy atom. The minimum Gasteiger partial charge on any atom is -0.375 e. The van der Waals surface area contributed by atoms with Gasteiger partial charge in [0.1, 0.15) is 0 Å². The van der Waals surface area contributed by atoms with Crippen molar-refractivity contribution < 1.29 is 4.74 Å². The van der Waals surface area contributed by atoms with Crippen LogP contribution in [0, 0.1) is 5.41 Å². The third-order valence-electron chi connectivity index (χ3n) is 3.39. The molecule has 2 nitrogen and oxygen atoms in total. The molecule has 0 aliphatic carbocycles. The molecule has 1 N–H and O–H groups in total. The lowest BCUT2D eigenvalue weighted by Crippen LogP contribution is -2.45. The number of hydrogen-bond donors (Lipinski definition) is 1. The largest absolute Gasteiger partial charge is 0.375 e. The minimum atomic E-state index is 0.426. The lowest BCUT2D eigenvalue weighted by molar-refractivity contribution is 0.0435. The molecular formula is C15H31NOS. The Morgan fingerprint density at radius 1 is 1.39 bits per heavy atom. The standard InChI is InChI=1S/C15H31NOS/c1-5-9-16-13(7-6-8-15(2,3)4)14-12-18-11-10-17-14/h13-14,16H,5-12H2,1-4H3. The van der Waals surface area contributed by atoms with E-state index in [4.69, 9.17) is 4.74 Å². The highest BCUT2D eigenvalue weighted by molar-refractivity contribution is 7.99. The molecule has 3 heteroatoms. The molecule has 1 rings (SSSR count). The highest BCUT2D eigenvalue weighted by atomic mass is 32.2. The fourth-order valence-electron chi connectivity index (χ4n) is 2.34. The van der Waals surface area contributed by atoms with Gasteiger partial charge in [0.05, 0.1) is 12.7 Å². The zero-order chi connectivity index (χ0) is 13.4. The van der Waals surface area contributed by atoms with Crippen molar-refractivity contribution in [3.8, 4) is 0 Å². The van der Waals surface area contributed by atoms with Gasteiger partial charge in [-0.1, -0.05) is 34.1 Å². The van der Waals surface area contributed by atoms with Gasteiger partial charge in [-0.05, 0) is 31.2 Å². The summed E-state index contributed by atoms with van der Waals surface area (Å²) in [5.74, 6) is 2.33. The van der Waals surface area contributed by atoms with Crippen molar-refractivity contribution >= 4 is 11.8 Å². The molecule has 0 aromatic rings. The molecule has 0 aromatic carbocycles. The molecule has 0 bridgehead atoms. The summed E-state index contributed by atoms with van der Waals surface area (Å²) in [6.07, 6.45) is 5.49. The van der Waals surface area contributed by atoms with Crippen LogP contribution < -0.4 is 5.32 Å². The molecule has 1 saturated heterocycles. The summed E-state index contributed by atoms with van der Waals surface area (Å²) in [6, 6.07) is 0.556. The fraction of sp³-hybridized carbons (Fsp3) is 1.00. The first-order valence-corrected chi connectivity index (χ1v) is 8.61. The summed E-state index contributed by atoms with van der Waals surface area (Å²) in [5.41, 5.74) is 0.456. The number of ether oxygens (including phenoxy) is 1. The van der Waals surface area contributed by atoms with E-state index < -0.39 is 0 Å². The molecule has 18 heavy (non-hydrogen) atoms. The van der Waals surface area contributed by atoms with Crippen molar-refractivity contribution in [1.29, 1.82) is 0 Å². The molecular weight excluding hydrogens is 242 g/mol. The van der Waals surface area contributed by atoms with Gasteiger partial charge in [-0.3, -0.25) is 0 Å². The van der Waals surface area contributed by atoms with E-state index in [2.05, 4.69) is 33.0 Å². The van der Waals surface area contributed by atoms with E-state index in [9.17, 15) is 0 Å². The first-order chi connectivity index (χ1) is 8.53. The van der Waals surface area contributed by atoms with Gasteiger partial charge >= 0.3 is 0 Å². The molecule has 0 spiro atoms. The Hall–Kier alpha value is 0.270. The highest BCUT2D eigenvalue weighted by Gasteiger charge is 2.24. The summed E-state index contributed by atoms with van der Waals surface area (Å²) in [5, 5.41) is 3.69. The van der Waals surface area contributed by atoms with E-state index in [1.807, 2.05) is 11.8 Å². The van der Waals surface area contributed by atoms with Crippen LogP contribution in [0.3, 0.4) is 0 Å². The number of thioether (sulfide) groups is 1. The van der Waals surface area contributed by atoms with Gasteiger partial charge in [0.25, 0.3) is 0 Å². The Balaban J connectivity index is 2.34. The van der Waals surface area contributed by atoms with E-state index >= 15 is 0 Å². The number of rotatable bonds is 7. The molecule has 0 radical (unpaired) electrons. The molecule has 2 atom stereocenters.